The van der Waals surface area contributed by atoms with Gasteiger partial charge in [0.2, 0.25) is 0 Å². The van der Waals surface area contributed by atoms with Crippen LogP contribution in [0.3, 0.4) is 0 Å². The predicted molar refractivity (Wildman–Crippen MR) is 95.8 cm³/mol. The molecule has 1 aliphatic heterocycles. The smallest absolute Gasteiger partial charge is 0.255 e. The molecule has 0 radical (unpaired) electrons. The molecule has 2 heterocycles. The van der Waals surface area contributed by atoms with Crippen molar-refractivity contribution in [2.24, 2.45) is 0 Å². The fourth-order valence-corrected chi connectivity index (χ4v) is 3.01. The normalized spacial score (nSPS) is 14.9. The third-order valence-electron chi connectivity index (χ3n) is 4.42. The molecular weight excluding hydrogens is 298 g/mol. The standard InChI is InChI=1S/C20H23N3O/c1-5-14-8-6-7-9-15(14)12-23-11-10-17-16(13-23)18(24)22-19(21-17)20(2,3)4/h1,6-9H,10-13H2,2-4H3,(H,21,22,24). The molecule has 4 heteroatoms. The van der Waals surface area contributed by atoms with Crippen LogP contribution in [0, 0.1) is 12.3 Å². The first-order chi connectivity index (χ1) is 11.4. The number of terminal acetylenes is 1. The number of nitrogens with zero attached hydrogens (tertiary/aromatic N) is 2. The van der Waals surface area contributed by atoms with Crippen molar-refractivity contribution in [2.45, 2.75) is 45.7 Å². The fourth-order valence-electron chi connectivity index (χ4n) is 3.01. The maximum atomic E-state index is 12.5. The monoisotopic (exact) mass is 321 g/mol. The summed E-state index contributed by atoms with van der Waals surface area (Å²) in [5, 5.41) is 0. The third-order valence-corrected chi connectivity index (χ3v) is 4.42. The zero-order valence-electron chi connectivity index (χ0n) is 14.5. The lowest BCUT2D eigenvalue weighted by Gasteiger charge is -2.29. The molecule has 124 valence electrons. The van der Waals surface area contributed by atoms with E-state index in [1.807, 2.05) is 18.2 Å². The molecule has 0 saturated carbocycles. The summed E-state index contributed by atoms with van der Waals surface area (Å²) >= 11 is 0. The molecule has 0 amide bonds. The summed E-state index contributed by atoms with van der Waals surface area (Å²) in [7, 11) is 0. The van der Waals surface area contributed by atoms with Gasteiger partial charge in [-0.05, 0) is 11.6 Å². The van der Waals surface area contributed by atoms with Crippen molar-refractivity contribution in [3.63, 3.8) is 0 Å². The first kappa shape index (κ1) is 16.5. The van der Waals surface area contributed by atoms with E-state index in [1.54, 1.807) is 0 Å². The van der Waals surface area contributed by atoms with Crippen molar-refractivity contribution in [2.75, 3.05) is 6.54 Å². The van der Waals surface area contributed by atoms with E-state index < -0.39 is 0 Å². The molecule has 0 atom stereocenters. The van der Waals surface area contributed by atoms with Crippen LogP contribution in [0.5, 0.6) is 0 Å². The summed E-state index contributed by atoms with van der Waals surface area (Å²) in [6.45, 7) is 8.42. The summed E-state index contributed by atoms with van der Waals surface area (Å²) in [6, 6.07) is 7.96. The Bertz CT molecular complexity index is 852. The minimum atomic E-state index is -0.156. The van der Waals surface area contributed by atoms with Gasteiger partial charge in [0, 0.05) is 37.0 Å². The van der Waals surface area contributed by atoms with Gasteiger partial charge in [0.15, 0.2) is 0 Å². The molecule has 0 saturated heterocycles. The Labute approximate surface area is 142 Å². The van der Waals surface area contributed by atoms with Gasteiger partial charge in [-0.25, -0.2) is 4.98 Å². The lowest BCUT2D eigenvalue weighted by molar-refractivity contribution is 0.240. The van der Waals surface area contributed by atoms with E-state index in [1.165, 1.54) is 0 Å². The molecule has 4 nitrogen and oxygen atoms in total. The van der Waals surface area contributed by atoms with Crippen molar-refractivity contribution < 1.29 is 0 Å². The molecule has 1 N–H and O–H groups in total. The summed E-state index contributed by atoms with van der Waals surface area (Å²) < 4.78 is 0. The minimum absolute atomic E-state index is 0.0140. The first-order valence-electron chi connectivity index (χ1n) is 8.28. The average Bonchev–Trinajstić information content (AvgIpc) is 2.55. The van der Waals surface area contributed by atoms with Crippen LogP contribution < -0.4 is 5.56 Å². The second-order valence-corrected chi connectivity index (χ2v) is 7.35. The average molecular weight is 321 g/mol. The SMILES string of the molecule is C#Cc1ccccc1CN1CCc2nc(C(C)(C)C)[nH]c(=O)c2C1. The second-order valence-electron chi connectivity index (χ2n) is 7.35. The Balaban J connectivity index is 1.85. The van der Waals surface area contributed by atoms with Crippen molar-refractivity contribution in [1.82, 2.24) is 14.9 Å². The molecule has 1 aliphatic rings. The summed E-state index contributed by atoms with van der Waals surface area (Å²) in [4.78, 5) is 22.4. The summed E-state index contributed by atoms with van der Waals surface area (Å²) in [5.74, 6) is 3.49. The van der Waals surface area contributed by atoms with Gasteiger partial charge in [-0.2, -0.15) is 0 Å². The van der Waals surface area contributed by atoms with E-state index in [-0.39, 0.29) is 11.0 Å². The van der Waals surface area contributed by atoms with E-state index in [0.29, 0.717) is 6.54 Å². The zero-order chi connectivity index (χ0) is 17.3. The van der Waals surface area contributed by atoms with Crippen molar-refractivity contribution in [3.05, 3.63) is 62.8 Å². The number of aromatic amines is 1. The molecule has 1 aromatic carbocycles. The Kier molecular flexibility index (Phi) is 4.29. The summed E-state index contributed by atoms with van der Waals surface area (Å²) in [6.07, 6.45) is 6.37. The number of fused-ring (bicyclic) bond motifs is 1. The van der Waals surface area contributed by atoms with E-state index in [2.05, 4.69) is 42.6 Å². The van der Waals surface area contributed by atoms with Crippen molar-refractivity contribution in [3.8, 4) is 12.3 Å². The van der Waals surface area contributed by atoms with E-state index in [9.17, 15) is 4.79 Å². The highest BCUT2D eigenvalue weighted by Crippen LogP contribution is 2.21. The Morgan fingerprint density at radius 1 is 1.33 bits per heavy atom. The van der Waals surface area contributed by atoms with Gasteiger partial charge >= 0.3 is 0 Å². The van der Waals surface area contributed by atoms with Crippen molar-refractivity contribution in [1.29, 1.82) is 0 Å². The van der Waals surface area contributed by atoms with Crippen LogP contribution in [0.15, 0.2) is 29.1 Å². The van der Waals surface area contributed by atoms with Gasteiger partial charge < -0.3 is 4.98 Å². The van der Waals surface area contributed by atoms with Crippen LogP contribution in [-0.4, -0.2) is 21.4 Å². The van der Waals surface area contributed by atoms with Gasteiger partial charge in [0.05, 0.1) is 11.3 Å². The Morgan fingerprint density at radius 3 is 2.79 bits per heavy atom. The van der Waals surface area contributed by atoms with Gasteiger partial charge in [-0.3, -0.25) is 9.69 Å². The molecule has 0 fully saturated rings. The molecule has 1 aromatic heterocycles. The van der Waals surface area contributed by atoms with Crippen LogP contribution in [0.1, 0.15) is 49.0 Å². The summed E-state index contributed by atoms with van der Waals surface area (Å²) in [5.41, 5.74) is 3.59. The second kappa shape index (κ2) is 6.26. The highest BCUT2D eigenvalue weighted by atomic mass is 16.1. The molecule has 24 heavy (non-hydrogen) atoms. The van der Waals surface area contributed by atoms with Crippen LogP contribution in [-0.2, 0) is 24.9 Å². The largest absolute Gasteiger partial charge is 0.310 e. The molecule has 2 aromatic rings. The van der Waals surface area contributed by atoms with Gasteiger partial charge in [-0.15, -0.1) is 6.42 Å². The highest BCUT2D eigenvalue weighted by molar-refractivity contribution is 5.39. The number of aromatic nitrogens is 2. The van der Waals surface area contributed by atoms with E-state index >= 15 is 0 Å². The predicted octanol–water partition coefficient (Wildman–Crippen LogP) is 2.61. The van der Waals surface area contributed by atoms with Crippen LogP contribution in [0.25, 0.3) is 0 Å². The minimum Gasteiger partial charge on any atom is -0.310 e. The van der Waals surface area contributed by atoms with E-state index in [4.69, 9.17) is 11.4 Å². The highest BCUT2D eigenvalue weighted by Gasteiger charge is 2.25. The van der Waals surface area contributed by atoms with Gasteiger partial charge in [-0.1, -0.05) is 44.9 Å². The fraction of sp³-hybridized carbons (Fsp3) is 0.400. The Hall–Kier alpha value is -2.38. The third kappa shape index (κ3) is 3.27. The number of hydrogen-bond acceptors (Lipinski definition) is 3. The Morgan fingerprint density at radius 2 is 2.08 bits per heavy atom. The molecule has 0 aliphatic carbocycles. The van der Waals surface area contributed by atoms with Crippen LogP contribution in [0.4, 0.5) is 0 Å². The lowest BCUT2D eigenvalue weighted by atomic mass is 9.95. The number of rotatable bonds is 2. The maximum Gasteiger partial charge on any atom is 0.255 e. The van der Waals surface area contributed by atoms with E-state index in [0.717, 1.165) is 47.7 Å². The number of benzene rings is 1. The molecule has 3 rings (SSSR count). The quantitative estimate of drug-likeness (QED) is 0.865. The maximum absolute atomic E-state index is 12.5. The van der Waals surface area contributed by atoms with Crippen LogP contribution in [0.2, 0.25) is 0 Å². The number of hydrogen-bond donors (Lipinski definition) is 1. The first-order valence-corrected chi connectivity index (χ1v) is 8.28. The topological polar surface area (TPSA) is 49.0 Å². The zero-order valence-corrected chi connectivity index (χ0v) is 14.5. The molecule has 0 unspecified atom stereocenters. The number of H-pyrrole nitrogens is 1. The number of nitrogens with one attached hydrogen (secondary N) is 1. The van der Waals surface area contributed by atoms with Gasteiger partial charge in [0.25, 0.3) is 5.56 Å². The van der Waals surface area contributed by atoms with Crippen LogP contribution >= 0.6 is 0 Å². The van der Waals surface area contributed by atoms with Crippen molar-refractivity contribution >= 4 is 0 Å². The lowest BCUT2D eigenvalue weighted by Crippen LogP contribution is -2.37. The molecule has 0 spiro atoms. The van der Waals surface area contributed by atoms with Gasteiger partial charge in [0.1, 0.15) is 5.82 Å². The molecular formula is C20H23N3O. The molecule has 0 bridgehead atoms.